The number of hydrogen-bond acceptors (Lipinski definition) is 5. The maximum atomic E-state index is 13.1. The molecule has 0 spiro atoms. The molecule has 1 unspecified atom stereocenters. The number of carbonyl (C=O) groups is 1. The smallest absolute Gasteiger partial charge is 0.307 e. The fraction of sp³-hybridized carbons (Fsp3) is 0.118. The molecule has 2 N–H and O–H groups in total. The van der Waals surface area contributed by atoms with Crippen molar-refractivity contribution in [3.05, 3.63) is 141 Å². The molecule has 0 saturated carbocycles. The minimum atomic E-state index is -3.77. The number of nitrogens with one attached hydrogen (secondary N) is 1. The first-order valence-corrected chi connectivity index (χ1v) is 16.9. The standard InChI is InChI=1S/C34H28Cl2N2O4S2/c35-28-12-16-31(17-13-28)44(41,42)37-21-33(43-22-25-6-4-24(5-7-25)19-34(39)40)27-3-1-2-23(18-27)8-14-30-15-10-26-9-11-29(36)20-32(26)38-30/h1-18,20,33,37H,19,21-22H2,(H,39,40)/b14-8+. The molecule has 6 nitrogen and oxygen atoms in total. The molecule has 1 atom stereocenters. The van der Waals surface area contributed by atoms with Crippen molar-refractivity contribution < 1.29 is 18.3 Å². The van der Waals surface area contributed by atoms with Crippen LogP contribution in [-0.2, 0) is 27.0 Å². The van der Waals surface area contributed by atoms with Crippen LogP contribution in [0.3, 0.4) is 0 Å². The topological polar surface area (TPSA) is 96.4 Å². The van der Waals surface area contributed by atoms with E-state index in [1.807, 2.05) is 91.0 Å². The number of fused-ring (bicyclic) bond motifs is 1. The molecular formula is C34H28Cl2N2O4S2. The number of nitrogens with zero attached hydrogens (tertiary/aromatic N) is 1. The van der Waals surface area contributed by atoms with E-state index < -0.39 is 16.0 Å². The van der Waals surface area contributed by atoms with Crippen LogP contribution in [0.1, 0.15) is 33.2 Å². The molecule has 0 amide bonds. The maximum absolute atomic E-state index is 13.1. The van der Waals surface area contributed by atoms with Crippen LogP contribution in [0, 0.1) is 0 Å². The number of pyridine rings is 1. The lowest BCUT2D eigenvalue weighted by atomic mass is 10.1. The molecular weight excluding hydrogens is 635 g/mol. The Balaban J connectivity index is 1.36. The van der Waals surface area contributed by atoms with Gasteiger partial charge in [-0.25, -0.2) is 18.1 Å². The van der Waals surface area contributed by atoms with Gasteiger partial charge in [0, 0.05) is 33.0 Å². The van der Waals surface area contributed by atoms with E-state index in [0.29, 0.717) is 15.8 Å². The number of aromatic nitrogens is 1. The number of thioether (sulfide) groups is 1. The van der Waals surface area contributed by atoms with Crippen LogP contribution in [0.25, 0.3) is 23.1 Å². The molecule has 10 heteroatoms. The number of halogens is 2. The van der Waals surface area contributed by atoms with Crippen molar-refractivity contribution in [1.82, 2.24) is 9.71 Å². The van der Waals surface area contributed by atoms with E-state index >= 15 is 0 Å². The first-order chi connectivity index (χ1) is 21.1. The number of sulfonamides is 1. The quantitative estimate of drug-likeness (QED) is 0.140. The summed E-state index contributed by atoms with van der Waals surface area (Å²) >= 11 is 13.7. The Bertz CT molecular complexity index is 1910. The SMILES string of the molecule is O=C(O)Cc1ccc(CSC(CNS(=O)(=O)c2ccc(Cl)cc2)c2cccc(/C=C/c3ccc4ccc(Cl)cc4n3)c2)cc1. The van der Waals surface area contributed by atoms with Crippen LogP contribution in [-0.4, -0.2) is 31.0 Å². The molecule has 1 aromatic heterocycles. The number of carboxylic acids is 1. The molecule has 4 aromatic carbocycles. The maximum Gasteiger partial charge on any atom is 0.307 e. The zero-order chi connectivity index (χ0) is 31.1. The summed E-state index contributed by atoms with van der Waals surface area (Å²) in [7, 11) is -3.77. The normalized spacial score (nSPS) is 12.5. The van der Waals surface area contributed by atoms with Crippen LogP contribution >= 0.6 is 35.0 Å². The molecule has 0 saturated heterocycles. The second kappa shape index (κ2) is 14.4. The van der Waals surface area contributed by atoms with Gasteiger partial charge in [-0.3, -0.25) is 4.79 Å². The zero-order valence-corrected chi connectivity index (χ0v) is 26.5. The number of aliphatic carboxylic acids is 1. The first-order valence-electron chi connectivity index (χ1n) is 13.7. The van der Waals surface area contributed by atoms with Gasteiger partial charge < -0.3 is 5.11 Å². The summed E-state index contributed by atoms with van der Waals surface area (Å²) in [5.74, 6) is -0.278. The molecule has 0 radical (unpaired) electrons. The van der Waals surface area contributed by atoms with E-state index in [0.717, 1.165) is 38.9 Å². The molecule has 0 aliphatic carbocycles. The van der Waals surface area contributed by atoms with Crippen LogP contribution < -0.4 is 4.72 Å². The van der Waals surface area contributed by atoms with E-state index in [2.05, 4.69) is 4.72 Å². The monoisotopic (exact) mass is 662 g/mol. The molecule has 0 aliphatic heterocycles. The van der Waals surface area contributed by atoms with Gasteiger partial charge in [0.15, 0.2) is 0 Å². The molecule has 5 rings (SSSR count). The van der Waals surface area contributed by atoms with Gasteiger partial charge in [-0.1, -0.05) is 89.9 Å². The van der Waals surface area contributed by atoms with Crippen molar-refractivity contribution in [1.29, 1.82) is 0 Å². The van der Waals surface area contributed by atoms with Crippen LogP contribution in [0.4, 0.5) is 0 Å². The Morgan fingerprint density at radius 2 is 1.57 bits per heavy atom. The summed E-state index contributed by atoms with van der Waals surface area (Å²) in [4.78, 5) is 15.9. The van der Waals surface area contributed by atoms with Crippen molar-refractivity contribution in [3.63, 3.8) is 0 Å². The molecule has 0 fully saturated rings. The van der Waals surface area contributed by atoms with Crippen molar-refractivity contribution in [2.24, 2.45) is 0 Å². The van der Waals surface area contributed by atoms with Crippen LogP contribution in [0.15, 0.2) is 108 Å². The summed E-state index contributed by atoms with van der Waals surface area (Å²) in [5, 5.41) is 10.9. The Morgan fingerprint density at radius 3 is 2.32 bits per heavy atom. The van der Waals surface area contributed by atoms with E-state index in [1.165, 1.54) is 12.1 Å². The van der Waals surface area contributed by atoms with Gasteiger partial charge in [0.2, 0.25) is 10.0 Å². The Hall–Kier alpha value is -3.66. The average Bonchev–Trinajstić information content (AvgIpc) is 3.00. The van der Waals surface area contributed by atoms with Crippen LogP contribution in [0.5, 0.6) is 0 Å². The fourth-order valence-electron chi connectivity index (χ4n) is 4.52. The number of rotatable bonds is 12. The van der Waals surface area contributed by atoms with Gasteiger partial charge in [0.25, 0.3) is 0 Å². The molecule has 224 valence electrons. The second-order valence-electron chi connectivity index (χ2n) is 10.1. The largest absolute Gasteiger partial charge is 0.481 e. The third-order valence-electron chi connectivity index (χ3n) is 6.82. The van der Waals surface area contributed by atoms with Gasteiger partial charge in [-0.15, -0.1) is 11.8 Å². The number of carboxylic acid groups (broad SMARTS) is 1. The summed E-state index contributed by atoms with van der Waals surface area (Å²) < 4.78 is 28.9. The van der Waals surface area contributed by atoms with Crippen LogP contribution in [0.2, 0.25) is 10.0 Å². The highest BCUT2D eigenvalue weighted by Crippen LogP contribution is 2.33. The zero-order valence-electron chi connectivity index (χ0n) is 23.4. The predicted molar refractivity (Wildman–Crippen MR) is 181 cm³/mol. The second-order valence-corrected chi connectivity index (χ2v) is 13.9. The van der Waals surface area contributed by atoms with Crippen molar-refractivity contribution in [3.8, 4) is 0 Å². The van der Waals surface area contributed by atoms with Gasteiger partial charge in [0.1, 0.15) is 0 Å². The van der Waals surface area contributed by atoms with E-state index in [9.17, 15) is 13.2 Å². The van der Waals surface area contributed by atoms with Crippen molar-refractivity contribution in [2.45, 2.75) is 22.3 Å². The third kappa shape index (κ3) is 8.71. The van der Waals surface area contributed by atoms with Crippen molar-refractivity contribution >= 4 is 74.0 Å². The Morgan fingerprint density at radius 1 is 0.864 bits per heavy atom. The molecule has 0 bridgehead atoms. The lowest BCUT2D eigenvalue weighted by molar-refractivity contribution is -0.136. The average molecular weight is 664 g/mol. The summed E-state index contributed by atoms with van der Waals surface area (Å²) in [6.07, 6.45) is 3.87. The molecule has 1 heterocycles. The predicted octanol–water partition coefficient (Wildman–Crippen LogP) is 8.29. The Kier molecular flexibility index (Phi) is 10.4. The highest BCUT2D eigenvalue weighted by atomic mass is 35.5. The molecule has 5 aromatic rings. The highest BCUT2D eigenvalue weighted by Gasteiger charge is 2.19. The minimum absolute atomic E-state index is 0.0364. The number of benzene rings is 4. The summed E-state index contributed by atoms with van der Waals surface area (Å²) in [6.45, 7) is 0.160. The van der Waals surface area contributed by atoms with E-state index in [-0.39, 0.29) is 23.1 Å². The van der Waals surface area contributed by atoms with Crippen molar-refractivity contribution in [2.75, 3.05) is 6.54 Å². The molecule has 0 aliphatic rings. The summed E-state index contributed by atoms with van der Waals surface area (Å²) in [6, 6.07) is 31.0. The summed E-state index contributed by atoms with van der Waals surface area (Å²) in [5.41, 5.74) is 5.23. The molecule has 44 heavy (non-hydrogen) atoms. The van der Waals surface area contributed by atoms with Gasteiger partial charge in [0.05, 0.1) is 22.5 Å². The Labute approximate surface area is 270 Å². The first kappa shape index (κ1) is 31.8. The van der Waals surface area contributed by atoms with Gasteiger partial charge in [-0.2, -0.15) is 0 Å². The fourth-order valence-corrected chi connectivity index (χ4v) is 7.10. The lowest BCUT2D eigenvalue weighted by Gasteiger charge is -2.19. The van der Waals surface area contributed by atoms with E-state index in [1.54, 1.807) is 23.9 Å². The van der Waals surface area contributed by atoms with Gasteiger partial charge >= 0.3 is 5.97 Å². The van der Waals surface area contributed by atoms with Gasteiger partial charge in [-0.05, 0) is 70.8 Å². The highest BCUT2D eigenvalue weighted by molar-refractivity contribution is 7.98. The number of hydrogen-bond donors (Lipinski definition) is 2. The third-order valence-corrected chi connectivity index (χ3v) is 10.1. The van der Waals surface area contributed by atoms with E-state index in [4.69, 9.17) is 33.3 Å². The minimum Gasteiger partial charge on any atom is -0.481 e. The lowest BCUT2D eigenvalue weighted by Crippen LogP contribution is -2.27.